The summed E-state index contributed by atoms with van der Waals surface area (Å²) in [6.45, 7) is -0.297. The van der Waals surface area contributed by atoms with E-state index in [4.69, 9.17) is 19.5 Å². The quantitative estimate of drug-likeness (QED) is 0.308. The number of ether oxygens (including phenoxy) is 1. The zero-order valence-corrected chi connectivity index (χ0v) is 15.5. The molecule has 4 heterocycles. The molecule has 0 saturated carbocycles. The van der Waals surface area contributed by atoms with Crippen molar-refractivity contribution in [3.8, 4) is 0 Å². The molecule has 0 bridgehead atoms. The van der Waals surface area contributed by atoms with Crippen LogP contribution in [0.4, 0.5) is 5.95 Å². The van der Waals surface area contributed by atoms with Crippen molar-refractivity contribution in [3.63, 3.8) is 0 Å². The summed E-state index contributed by atoms with van der Waals surface area (Å²) >= 11 is 0. The maximum absolute atomic E-state index is 12.2. The van der Waals surface area contributed by atoms with Gasteiger partial charge in [0.1, 0.15) is 0 Å². The van der Waals surface area contributed by atoms with Crippen LogP contribution in [-0.2, 0) is 23.6 Å². The van der Waals surface area contributed by atoms with E-state index in [2.05, 4.69) is 15.0 Å². The van der Waals surface area contributed by atoms with Crippen LogP contribution in [0.5, 0.6) is 0 Å². The first-order chi connectivity index (χ1) is 12.5. The average molecular weight is 425 g/mol. The molecule has 4 atom stereocenters. The van der Waals surface area contributed by atoms with Gasteiger partial charge >= 0.3 is 150 Å². The molecular formula is C11H16N5O9PS. The molecule has 2 aromatic rings. The Kier molecular flexibility index (Phi) is 4.07. The van der Waals surface area contributed by atoms with Crippen molar-refractivity contribution in [2.24, 2.45) is 0 Å². The normalized spacial score (nSPS) is 31.7. The van der Waals surface area contributed by atoms with Crippen molar-refractivity contribution in [3.05, 3.63) is 10.4 Å². The molecule has 4 rings (SSSR count). The van der Waals surface area contributed by atoms with Gasteiger partial charge in [-0.1, -0.05) is 0 Å². The summed E-state index contributed by atoms with van der Waals surface area (Å²) in [7, 11) is -8.40. The van der Waals surface area contributed by atoms with Gasteiger partial charge in [0.05, 0.1) is 0 Å². The van der Waals surface area contributed by atoms with Crippen LogP contribution in [-0.4, -0.2) is 74.0 Å². The average Bonchev–Trinajstić information content (AvgIpc) is 3.05. The molecule has 2 saturated heterocycles. The van der Waals surface area contributed by atoms with Crippen molar-refractivity contribution in [1.82, 2.24) is 19.5 Å². The van der Waals surface area contributed by atoms with Gasteiger partial charge in [-0.3, -0.25) is 0 Å². The van der Waals surface area contributed by atoms with E-state index >= 15 is 0 Å². The number of aliphatic hydroxyl groups excluding tert-OH is 1. The number of imidazole rings is 1. The number of nitrogens with one attached hydrogen (secondary N) is 1. The SMILES string of the molecule is CS(=O)(=O)c1nc2c(=O)[nH]c(N)nc2n1[C@@H]1OC2CO[PH](O)(O)O[C@H]2C1O. The molecule has 0 spiro atoms. The fraction of sp³-hybridized carbons (Fsp3) is 0.545. The first-order valence-corrected chi connectivity index (χ1v) is 11.2. The second kappa shape index (κ2) is 5.89. The number of anilines is 1. The van der Waals surface area contributed by atoms with Gasteiger partial charge in [0.25, 0.3) is 0 Å². The molecule has 14 nitrogen and oxygen atoms in total. The van der Waals surface area contributed by atoms with Gasteiger partial charge in [-0.05, 0) is 0 Å². The number of hydrogen-bond acceptors (Lipinski definition) is 12. The summed E-state index contributed by atoms with van der Waals surface area (Å²) in [4.78, 5) is 41.1. The van der Waals surface area contributed by atoms with E-state index in [1.165, 1.54) is 0 Å². The maximum atomic E-state index is 12.2. The Balaban J connectivity index is 1.90. The van der Waals surface area contributed by atoms with Gasteiger partial charge in [0.15, 0.2) is 0 Å². The summed E-state index contributed by atoms with van der Waals surface area (Å²) in [5.74, 6) is -0.296. The van der Waals surface area contributed by atoms with Crippen LogP contribution >= 0.6 is 8.17 Å². The van der Waals surface area contributed by atoms with Crippen molar-refractivity contribution >= 4 is 35.1 Å². The molecular weight excluding hydrogens is 409 g/mol. The van der Waals surface area contributed by atoms with Gasteiger partial charge in [-0.25, -0.2) is 0 Å². The minimum atomic E-state index is -4.43. The van der Waals surface area contributed by atoms with Crippen LogP contribution in [0.25, 0.3) is 11.2 Å². The van der Waals surface area contributed by atoms with Crippen LogP contribution in [0.15, 0.2) is 9.95 Å². The number of H-pyrrole nitrogens is 1. The number of nitrogen functional groups attached to an aromatic ring is 1. The number of aromatic amines is 1. The summed E-state index contributed by atoms with van der Waals surface area (Å²) in [5, 5.41) is 10.0. The Morgan fingerprint density at radius 1 is 1.37 bits per heavy atom. The zero-order chi connectivity index (χ0) is 19.7. The van der Waals surface area contributed by atoms with Gasteiger partial charge in [0.2, 0.25) is 0 Å². The standard InChI is InChI=1S/C11H16N5O9PS/c1-27(21,22)11-13-4-7(14-10(12)15-8(4)18)16(11)9-5(17)6-3(24-9)2-23-26(19,20)25-6/h3,5-6,9,17,19-20,26H,2H2,1H3,(H3,12,14,15,18)/t3?,5?,6-,9-/m1/s1. The van der Waals surface area contributed by atoms with Gasteiger partial charge in [-0.15, -0.1) is 0 Å². The second-order valence-electron chi connectivity index (χ2n) is 6.16. The third-order valence-corrected chi connectivity index (χ3v) is 6.23. The van der Waals surface area contributed by atoms with E-state index in [1.54, 1.807) is 0 Å². The van der Waals surface area contributed by atoms with Crippen LogP contribution in [0.2, 0.25) is 0 Å². The van der Waals surface area contributed by atoms with E-state index in [0.29, 0.717) is 0 Å². The summed E-state index contributed by atoms with van der Waals surface area (Å²) in [5.41, 5.74) is 4.21. The third-order valence-electron chi connectivity index (χ3n) is 4.16. The number of hydrogen-bond donors (Lipinski definition) is 5. The van der Waals surface area contributed by atoms with Gasteiger partial charge < -0.3 is 0 Å². The molecule has 2 aliphatic heterocycles. The predicted molar refractivity (Wildman–Crippen MR) is 89.2 cm³/mol. The van der Waals surface area contributed by atoms with E-state index in [0.717, 1.165) is 10.8 Å². The number of nitrogens with zero attached hydrogens (tertiary/aromatic N) is 3. The molecule has 2 fully saturated rings. The molecule has 0 aromatic carbocycles. The first-order valence-electron chi connectivity index (χ1n) is 7.56. The molecule has 16 heteroatoms. The minimum absolute atomic E-state index is 0.225. The Bertz CT molecular complexity index is 1080. The van der Waals surface area contributed by atoms with E-state index in [1.807, 2.05) is 0 Å². The Hall–Kier alpha value is -1.71. The summed E-state index contributed by atoms with van der Waals surface area (Å²) < 4.78 is 40.6. The second-order valence-corrected chi connectivity index (χ2v) is 9.69. The third kappa shape index (κ3) is 3.01. The summed E-state index contributed by atoms with van der Waals surface area (Å²) in [6, 6.07) is 0. The fourth-order valence-electron chi connectivity index (χ4n) is 3.09. The van der Waals surface area contributed by atoms with Crippen LogP contribution in [0.1, 0.15) is 6.23 Å². The number of aromatic nitrogens is 4. The molecule has 2 aromatic heterocycles. The van der Waals surface area contributed by atoms with Crippen molar-refractivity contribution in [2.45, 2.75) is 29.7 Å². The van der Waals surface area contributed by atoms with Crippen molar-refractivity contribution in [2.75, 3.05) is 18.6 Å². The number of aliphatic hydroxyl groups is 1. The van der Waals surface area contributed by atoms with Crippen LogP contribution in [0, 0.1) is 0 Å². The Morgan fingerprint density at radius 2 is 2.07 bits per heavy atom. The van der Waals surface area contributed by atoms with Crippen LogP contribution in [0.3, 0.4) is 0 Å². The van der Waals surface area contributed by atoms with Crippen LogP contribution < -0.4 is 11.3 Å². The molecule has 2 aliphatic rings. The molecule has 27 heavy (non-hydrogen) atoms. The topological polar surface area (TPSA) is 212 Å². The molecule has 2 unspecified atom stereocenters. The number of fused-ring (bicyclic) bond motifs is 2. The molecule has 0 radical (unpaired) electrons. The number of nitrogens with two attached hydrogens (primary N) is 1. The monoisotopic (exact) mass is 425 g/mol. The molecule has 6 N–H and O–H groups in total. The van der Waals surface area contributed by atoms with Crippen molar-refractivity contribution < 1.29 is 37.1 Å². The van der Waals surface area contributed by atoms with Gasteiger partial charge in [0, 0.05) is 0 Å². The Labute approximate surface area is 151 Å². The fourth-order valence-corrected chi connectivity index (χ4v) is 4.99. The molecule has 150 valence electrons. The molecule has 0 amide bonds. The summed E-state index contributed by atoms with van der Waals surface area (Å²) in [6.07, 6.45) is -4.21. The van der Waals surface area contributed by atoms with Crippen molar-refractivity contribution in [1.29, 1.82) is 0 Å². The Morgan fingerprint density at radius 3 is 2.74 bits per heavy atom. The molecule has 0 aliphatic carbocycles. The predicted octanol–water partition coefficient (Wildman–Crippen LogP) is -2.83. The van der Waals surface area contributed by atoms with E-state index in [-0.39, 0.29) is 23.7 Å². The van der Waals surface area contributed by atoms with E-state index in [9.17, 15) is 28.1 Å². The first kappa shape index (κ1) is 18.6. The number of rotatable bonds is 2. The zero-order valence-electron chi connectivity index (χ0n) is 13.6. The van der Waals surface area contributed by atoms with E-state index < -0.39 is 53.3 Å². The number of sulfone groups is 1. The van der Waals surface area contributed by atoms with Gasteiger partial charge in [-0.2, -0.15) is 0 Å².